The lowest BCUT2D eigenvalue weighted by atomic mass is 10.4. The fourth-order valence-electron chi connectivity index (χ4n) is 1.17. The summed E-state index contributed by atoms with van der Waals surface area (Å²) in [5.41, 5.74) is 0. The van der Waals surface area contributed by atoms with Crippen molar-refractivity contribution in [2.45, 2.75) is 6.54 Å². The Labute approximate surface area is 97.2 Å². The van der Waals surface area contributed by atoms with Crippen molar-refractivity contribution in [3.8, 4) is 0 Å². The Kier molecular flexibility index (Phi) is 2.57. The molecule has 1 aliphatic rings. The molecule has 1 aromatic heterocycles. The molecule has 2 rings (SSSR count). The highest BCUT2D eigenvalue weighted by Gasteiger charge is 2.36. The number of nitrogens with zero attached hydrogens (tertiary/aromatic N) is 1. The zero-order valence-electron chi connectivity index (χ0n) is 7.32. The van der Waals surface area contributed by atoms with Crippen LogP contribution in [-0.4, -0.2) is 22.7 Å². The third kappa shape index (κ3) is 1.93. The number of amides is 4. The molecular formula is C8H5BrN2O3S. The van der Waals surface area contributed by atoms with Crippen molar-refractivity contribution in [2.75, 3.05) is 0 Å². The number of imide groups is 2. The minimum absolute atomic E-state index is 0.132. The van der Waals surface area contributed by atoms with Crippen LogP contribution < -0.4 is 5.32 Å². The van der Waals surface area contributed by atoms with Crippen LogP contribution >= 0.6 is 27.3 Å². The van der Waals surface area contributed by atoms with Gasteiger partial charge in [-0.1, -0.05) is 0 Å². The molecule has 2 heterocycles. The molecule has 1 fully saturated rings. The molecule has 1 N–H and O–H groups in total. The first kappa shape index (κ1) is 10.3. The number of carbonyl (C=O) groups is 3. The van der Waals surface area contributed by atoms with Crippen molar-refractivity contribution in [3.05, 3.63) is 20.8 Å². The van der Waals surface area contributed by atoms with Crippen LogP contribution in [0.1, 0.15) is 4.88 Å². The van der Waals surface area contributed by atoms with Gasteiger partial charge in [0, 0.05) is 4.88 Å². The van der Waals surface area contributed by atoms with Crippen LogP contribution in [0.5, 0.6) is 0 Å². The van der Waals surface area contributed by atoms with E-state index in [1.54, 1.807) is 6.07 Å². The molecule has 7 heteroatoms. The topological polar surface area (TPSA) is 66.5 Å². The Hall–Kier alpha value is -1.21. The average molecular weight is 289 g/mol. The largest absolute Gasteiger partial charge is 0.331 e. The van der Waals surface area contributed by atoms with Crippen molar-refractivity contribution in [3.63, 3.8) is 0 Å². The molecule has 0 bridgehead atoms. The van der Waals surface area contributed by atoms with Gasteiger partial charge in [-0.05, 0) is 28.1 Å². The summed E-state index contributed by atoms with van der Waals surface area (Å²) in [4.78, 5) is 35.0. The summed E-state index contributed by atoms with van der Waals surface area (Å²) in [7, 11) is 0. The van der Waals surface area contributed by atoms with Gasteiger partial charge >= 0.3 is 17.8 Å². The molecule has 0 unspecified atom stereocenters. The molecule has 0 spiro atoms. The lowest BCUT2D eigenvalue weighted by molar-refractivity contribution is -0.140. The van der Waals surface area contributed by atoms with Crippen LogP contribution in [0.15, 0.2) is 15.9 Å². The molecule has 0 atom stereocenters. The number of nitrogens with one attached hydrogen (secondary N) is 1. The van der Waals surface area contributed by atoms with Crippen LogP contribution in [0.4, 0.5) is 4.79 Å². The van der Waals surface area contributed by atoms with Gasteiger partial charge in [0.1, 0.15) is 0 Å². The van der Waals surface area contributed by atoms with Crippen LogP contribution in [0, 0.1) is 0 Å². The standard InChI is InChI=1S/C8H5BrN2O3S/c9-5-2-1-4(15-5)3-11-7(13)6(12)10-8(11)14/h1-2H,3H2,(H,10,12,14). The summed E-state index contributed by atoms with van der Waals surface area (Å²) in [5.74, 6) is -1.67. The Balaban J connectivity index is 2.16. The van der Waals surface area contributed by atoms with Crippen LogP contribution in [-0.2, 0) is 16.1 Å². The van der Waals surface area contributed by atoms with Crippen LogP contribution in [0.3, 0.4) is 0 Å². The van der Waals surface area contributed by atoms with Crippen molar-refractivity contribution >= 4 is 45.1 Å². The van der Waals surface area contributed by atoms with Gasteiger partial charge in [0.05, 0.1) is 10.3 Å². The Morgan fingerprint density at radius 2 is 2.07 bits per heavy atom. The summed E-state index contributed by atoms with van der Waals surface area (Å²) in [5, 5.41) is 1.94. The molecule has 1 aliphatic heterocycles. The van der Waals surface area contributed by atoms with E-state index in [-0.39, 0.29) is 6.54 Å². The molecule has 0 saturated carbocycles. The van der Waals surface area contributed by atoms with Gasteiger partial charge in [0.25, 0.3) is 0 Å². The van der Waals surface area contributed by atoms with Gasteiger partial charge in [0.2, 0.25) is 0 Å². The van der Waals surface area contributed by atoms with Gasteiger partial charge in [0.15, 0.2) is 0 Å². The fourth-order valence-corrected chi connectivity index (χ4v) is 2.64. The smallest absolute Gasteiger partial charge is 0.269 e. The monoisotopic (exact) mass is 288 g/mol. The molecule has 5 nitrogen and oxygen atoms in total. The average Bonchev–Trinajstić information content (AvgIpc) is 2.67. The van der Waals surface area contributed by atoms with E-state index in [0.717, 1.165) is 13.6 Å². The predicted molar refractivity (Wildman–Crippen MR) is 56.1 cm³/mol. The highest BCUT2D eigenvalue weighted by molar-refractivity contribution is 9.11. The minimum Gasteiger partial charge on any atom is -0.269 e. The van der Waals surface area contributed by atoms with E-state index in [9.17, 15) is 14.4 Å². The quantitative estimate of drug-likeness (QED) is 0.654. The summed E-state index contributed by atoms with van der Waals surface area (Å²) >= 11 is 4.68. The first-order valence-corrected chi connectivity index (χ1v) is 5.60. The second kappa shape index (κ2) is 3.74. The maximum Gasteiger partial charge on any atom is 0.331 e. The van der Waals surface area contributed by atoms with Crippen LogP contribution in [0.2, 0.25) is 0 Å². The summed E-state index contributed by atoms with van der Waals surface area (Å²) < 4.78 is 0.913. The number of halogens is 1. The molecule has 0 aromatic carbocycles. The molecular weight excluding hydrogens is 284 g/mol. The normalized spacial score (nSPS) is 16.1. The van der Waals surface area contributed by atoms with E-state index in [0.29, 0.717) is 0 Å². The van der Waals surface area contributed by atoms with Gasteiger partial charge in [-0.2, -0.15) is 0 Å². The maximum atomic E-state index is 11.2. The fraction of sp³-hybridized carbons (Fsp3) is 0.125. The molecule has 1 saturated heterocycles. The minimum atomic E-state index is -0.865. The van der Waals surface area contributed by atoms with E-state index in [4.69, 9.17) is 0 Å². The van der Waals surface area contributed by atoms with Crippen molar-refractivity contribution in [1.82, 2.24) is 10.2 Å². The third-order valence-corrected chi connectivity index (χ3v) is 3.46. The lowest BCUT2D eigenvalue weighted by Gasteiger charge is -2.08. The Morgan fingerprint density at radius 3 is 2.53 bits per heavy atom. The highest BCUT2D eigenvalue weighted by Crippen LogP contribution is 2.23. The molecule has 4 amide bonds. The summed E-state index contributed by atoms with van der Waals surface area (Å²) in [6, 6.07) is 2.95. The third-order valence-electron chi connectivity index (χ3n) is 1.85. The van der Waals surface area contributed by atoms with Gasteiger partial charge in [-0.25, -0.2) is 4.79 Å². The molecule has 0 aliphatic carbocycles. The SMILES string of the molecule is O=C1NC(=O)N(Cc2ccc(Br)s2)C1=O. The Morgan fingerprint density at radius 1 is 1.33 bits per heavy atom. The van der Waals surface area contributed by atoms with Gasteiger partial charge in [-0.3, -0.25) is 19.8 Å². The van der Waals surface area contributed by atoms with Gasteiger partial charge < -0.3 is 0 Å². The van der Waals surface area contributed by atoms with E-state index >= 15 is 0 Å². The predicted octanol–water partition coefficient (Wildman–Crippen LogP) is 1.09. The zero-order chi connectivity index (χ0) is 11.0. The lowest BCUT2D eigenvalue weighted by Crippen LogP contribution is -2.29. The maximum absolute atomic E-state index is 11.2. The van der Waals surface area contributed by atoms with Gasteiger partial charge in [-0.15, -0.1) is 11.3 Å². The van der Waals surface area contributed by atoms with E-state index in [1.165, 1.54) is 11.3 Å². The number of carbonyl (C=O) groups excluding carboxylic acids is 3. The number of hydrogen-bond donors (Lipinski definition) is 1. The summed E-state index contributed by atoms with van der Waals surface area (Å²) in [6.07, 6.45) is 0. The first-order chi connectivity index (χ1) is 7.08. The molecule has 15 heavy (non-hydrogen) atoms. The highest BCUT2D eigenvalue weighted by atomic mass is 79.9. The number of rotatable bonds is 2. The van der Waals surface area contributed by atoms with E-state index in [2.05, 4.69) is 15.9 Å². The Bertz CT molecular complexity index is 456. The number of hydrogen-bond acceptors (Lipinski definition) is 4. The summed E-state index contributed by atoms with van der Waals surface area (Å²) in [6.45, 7) is 0.132. The second-order valence-corrected chi connectivity index (χ2v) is 5.40. The van der Waals surface area contributed by atoms with Crippen molar-refractivity contribution < 1.29 is 14.4 Å². The molecule has 78 valence electrons. The first-order valence-electron chi connectivity index (χ1n) is 3.99. The van der Waals surface area contributed by atoms with E-state index in [1.807, 2.05) is 11.4 Å². The van der Waals surface area contributed by atoms with Crippen molar-refractivity contribution in [1.29, 1.82) is 0 Å². The second-order valence-electron chi connectivity index (χ2n) is 2.86. The van der Waals surface area contributed by atoms with Crippen molar-refractivity contribution in [2.24, 2.45) is 0 Å². The number of urea groups is 1. The number of thiophene rings is 1. The van der Waals surface area contributed by atoms with E-state index < -0.39 is 17.8 Å². The zero-order valence-corrected chi connectivity index (χ0v) is 9.72. The molecule has 1 aromatic rings. The molecule has 0 radical (unpaired) electrons. The van der Waals surface area contributed by atoms with Crippen LogP contribution in [0.25, 0.3) is 0 Å².